The highest BCUT2D eigenvalue weighted by Crippen LogP contribution is 2.32. The van der Waals surface area contributed by atoms with Crippen molar-refractivity contribution in [3.63, 3.8) is 0 Å². The third-order valence-electron chi connectivity index (χ3n) is 4.05. The molecule has 7 atom stereocenters. The van der Waals surface area contributed by atoms with Crippen LogP contribution in [0.5, 0.6) is 0 Å². The maximum Gasteiger partial charge on any atom is 0.364 e. The van der Waals surface area contributed by atoms with Crippen molar-refractivity contribution in [2.45, 2.75) is 69.5 Å². The van der Waals surface area contributed by atoms with Crippen LogP contribution in [0.25, 0.3) is 0 Å². The molecule has 0 aliphatic carbocycles. The molecule has 1 heterocycles. The van der Waals surface area contributed by atoms with Crippen LogP contribution in [0.15, 0.2) is 0 Å². The molecule has 1 amide bonds. The van der Waals surface area contributed by atoms with E-state index in [0.29, 0.717) is 0 Å². The lowest BCUT2D eigenvalue weighted by atomic mass is 9.88. The number of esters is 2. The van der Waals surface area contributed by atoms with Gasteiger partial charge in [-0.2, -0.15) is 0 Å². The molecule has 1 saturated heterocycles. The number of carboxylic acid groups (broad SMARTS) is 1. The molecule has 166 valence electrons. The highest BCUT2D eigenvalue weighted by molar-refractivity contribution is 5.76. The molecule has 0 aromatic rings. The largest absolute Gasteiger partial charge is 0.477 e. The first kappa shape index (κ1) is 24.7. The number of aliphatic hydroxyl groups excluding tert-OH is 3. The summed E-state index contributed by atoms with van der Waals surface area (Å²) >= 11 is 0. The predicted octanol–water partition coefficient (Wildman–Crippen LogP) is -3.37. The van der Waals surface area contributed by atoms with Gasteiger partial charge in [0.2, 0.25) is 5.91 Å². The topological polar surface area (TPSA) is 209 Å². The summed E-state index contributed by atoms with van der Waals surface area (Å²) in [6.07, 6.45) is -9.35. The van der Waals surface area contributed by atoms with Gasteiger partial charge in [-0.1, -0.05) is 0 Å². The van der Waals surface area contributed by atoms with Crippen LogP contribution in [0.4, 0.5) is 0 Å². The van der Waals surface area contributed by atoms with Gasteiger partial charge in [-0.15, -0.1) is 0 Å². The lowest BCUT2D eigenvalue weighted by Crippen LogP contribution is -2.68. The van der Waals surface area contributed by atoms with E-state index in [0.717, 1.165) is 20.8 Å². The van der Waals surface area contributed by atoms with Crippen molar-refractivity contribution in [2.75, 3.05) is 6.61 Å². The quantitative estimate of drug-likeness (QED) is 0.211. The fraction of sp³-hybridized carbons (Fsp3) is 0.750. The maximum atomic E-state index is 11.5. The minimum Gasteiger partial charge on any atom is -0.477 e. The van der Waals surface area contributed by atoms with Gasteiger partial charge in [-0.25, -0.2) is 9.59 Å². The van der Waals surface area contributed by atoms with Gasteiger partial charge in [-0.3, -0.25) is 9.59 Å². The van der Waals surface area contributed by atoms with Crippen molar-refractivity contribution in [3.8, 4) is 0 Å². The number of hydrogen-bond acceptors (Lipinski definition) is 11. The third kappa shape index (κ3) is 6.61. The summed E-state index contributed by atoms with van der Waals surface area (Å²) in [7, 11) is 0. The molecule has 13 nitrogen and oxygen atoms in total. The van der Waals surface area contributed by atoms with Crippen LogP contribution in [0.1, 0.15) is 27.2 Å². The first-order valence-corrected chi connectivity index (χ1v) is 8.57. The maximum absolute atomic E-state index is 11.5. The van der Waals surface area contributed by atoms with Crippen LogP contribution in [0, 0.1) is 0 Å². The van der Waals surface area contributed by atoms with Gasteiger partial charge in [0.05, 0.1) is 12.5 Å². The smallest absolute Gasteiger partial charge is 0.364 e. The van der Waals surface area contributed by atoms with Crippen LogP contribution in [-0.4, -0.2) is 98.3 Å². The Morgan fingerprint density at radius 3 is 2.24 bits per heavy atom. The second kappa shape index (κ2) is 9.93. The van der Waals surface area contributed by atoms with E-state index in [2.05, 4.69) is 10.1 Å². The molecule has 0 aromatic carbocycles. The summed E-state index contributed by atoms with van der Waals surface area (Å²) in [4.78, 5) is 45.6. The molecule has 1 aliphatic heterocycles. The summed E-state index contributed by atoms with van der Waals surface area (Å²) in [5, 5.41) is 51.4. The van der Waals surface area contributed by atoms with E-state index in [4.69, 9.17) is 14.6 Å². The monoisotopic (exact) mass is 423 g/mol. The normalized spacial score (nSPS) is 29.8. The average Bonchev–Trinajstić information content (AvgIpc) is 2.59. The van der Waals surface area contributed by atoms with Crippen LogP contribution < -0.4 is 5.32 Å². The van der Waals surface area contributed by atoms with E-state index in [9.17, 15) is 39.6 Å². The zero-order valence-corrected chi connectivity index (χ0v) is 16.0. The molecule has 13 heteroatoms. The molecule has 0 bridgehead atoms. The van der Waals surface area contributed by atoms with Gasteiger partial charge >= 0.3 is 17.9 Å². The molecule has 0 saturated carbocycles. The van der Waals surface area contributed by atoms with Crippen molar-refractivity contribution < 1.29 is 58.9 Å². The first-order chi connectivity index (χ1) is 13.3. The molecule has 1 rings (SSSR count). The molecular weight excluding hydrogens is 398 g/mol. The van der Waals surface area contributed by atoms with Gasteiger partial charge in [0.15, 0.2) is 0 Å². The third-order valence-corrected chi connectivity index (χ3v) is 4.05. The number of aliphatic hydroxyl groups is 4. The van der Waals surface area contributed by atoms with E-state index in [-0.39, 0.29) is 0 Å². The molecule has 1 fully saturated rings. The number of carboxylic acids is 1. The van der Waals surface area contributed by atoms with Gasteiger partial charge in [0.25, 0.3) is 5.79 Å². The fourth-order valence-corrected chi connectivity index (χ4v) is 2.72. The Balaban J connectivity index is 3.15. The number of amides is 1. The Morgan fingerprint density at radius 2 is 1.79 bits per heavy atom. The summed E-state index contributed by atoms with van der Waals surface area (Å²) in [6.45, 7) is 2.39. The Bertz CT molecular complexity index is 637. The highest BCUT2D eigenvalue weighted by Gasteiger charge is 2.55. The number of nitrogens with one attached hydrogen (secondary N) is 1. The standard InChI is InChI=1S/C16H25NO12/c1-6(18)14(23)27-5-9(21)12(22)13-11(17-7(2)19)10(28-8(3)20)4-16(26,29-13)15(24)25/h6,9-13,18,21-22,26H,4-5H2,1-3H3,(H,17,19)(H,24,25)/t6?,9-,10+,11-,12-,13-,16+/m1/s1. The van der Waals surface area contributed by atoms with Crippen molar-refractivity contribution in [3.05, 3.63) is 0 Å². The van der Waals surface area contributed by atoms with E-state index in [1.807, 2.05) is 0 Å². The van der Waals surface area contributed by atoms with Gasteiger partial charge in [0, 0.05) is 13.8 Å². The summed E-state index contributed by atoms with van der Waals surface area (Å²) in [5.41, 5.74) is 0. The van der Waals surface area contributed by atoms with Crippen molar-refractivity contribution in [2.24, 2.45) is 0 Å². The molecular formula is C16H25NO12. The molecule has 1 unspecified atom stereocenters. The van der Waals surface area contributed by atoms with Crippen LogP contribution in [0.3, 0.4) is 0 Å². The minimum atomic E-state index is -2.91. The van der Waals surface area contributed by atoms with Crippen LogP contribution in [-0.2, 0) is 33.4 Å². The van der Waals surface area contributed by atoms with Crippen LogP contribution >= 0.6 is 0 Å². The molecule has 0 aromatic heterocycles. The number of rotatable bonds is 8. The van der Waals surface area contributed by atoms with E-state index in [1.54, 1.807) is 0 Å². The minimum absolute atomic E-state index is 0.663. The number of aliphatic carboxylic acids is 1. The van der Waals surface area contributed by atoms with Gasteiger partial charge < -0.3 is 45.1 Å². The van der Waals surface area contributed by atoms with Crippen LogP contribution in [0.2, 0.25) is 0 Å². The second-order valence-electron chi connectivity index (χ2n) is 6.61. The Labute approximate surface area is 165 Å². The molecule has 29 heavy (non-hydrogen) atoms. The Kier molecular flexibility index (Phi) is 8.47. The summed E-state index contributed by atoms with van der Waals surface area (Å²) in [6, 6.07) is -1.35. The lowest BCUT2D eigenvalue weighted by molar-refractivity contribution is -0.296. The number of ether oxygens (including phenoxy) is 3. The Morgan fingerprint density at radius 1 is 1.21 bits per heavy atom. The summed E-state index contributed by atoms with van der Waals surface area (Å²) < 4.78 is 14.6. The highest BCUT2D eigenvalue weighted by atomic mass is 16.7. The zero-order valence-electron chi connectivity index (χ0n) is 16.0. The van der Waals surface area contributed by atoms with Crippen molar-refractivity contribution >= 4 is 23.8 Å². The number of carbonyl (C=O) groups excluding carboxylic acids is 3. The lowest BCUT2D eigenvalue weighted by Gasteiger charge is -2.45. The van der Waals surface area contributed by atoms with Gasteiger partial charge in [0.1, 0.15) is 37.1 Å². The molecule has 0 radical (unpaired) electrons. The van der Waals surface area contributed by atoms with Crippen molar-refractivity contribution in [1.82, 2.24) is 5.32 Å². The SMILES string of the molecule is CC(=O)N[C@H]1[C@H]([C@H](O)[C@H](O)COC(=O)C(C)O)O[C@](O)(C(=O)O)C[C@@H]1OC(C)=O. The first-order valence-electron chi connectivity index (χ1n) is 8.57. The molecule has 0 spiro atoms. The molecule has 1 aliphatic rings. The number of hydrogen-bond donors (Lipinski definition) is 6. The number of carbonyl (C=O) groups is 4. The molecule has 6 N–H and O–H groups in total. The van der Waals surface area contributed by atoms with E-state index >= 15 is 0 Å². The second-order valence-corrected chi connectivity index (χ2v) is 6.61. The zero-order chi connectivity index (χ0) is 22.5. The predicted molar refractivity (Wildman–Crippen MR) is 89.9 cm³/mol. The average molecular weight is 423 g/mol. The Hall–Kier alpha value is -2.32. The van der Waals surface area contributed by atoms with E-state index in [1.165, 1.54) is 0 Å². The van der Waals surface area contributed by atoms with Gasteiger partial charge in [-0.05, 0) is 6.92 Å². The summed E-state index contributed by atoms with van der Waals surface area (Å²) in [5.74, 6) is -7.39. The van der Waals surface area contributed by atoms with E-state index < -0.39 is 79.2 Å². The fourth-order valence-electron chi connectivity index (χ4n) is 2.72. The van der Waals surface area contributed by atoms with Crippen molar-refractivity contribution in [1.29, 1.82) is 0 Å².